The predicted octanol–water partition coefficient (Wildman–Crippen LogP) is 6.10. The van der Waals surface area contributed by atoms with Crippen LogP contribution in [0.25, 0.3) is 10.9 Å². The third kappa shape index (κ3) is 3.08. The fourth-order valence-electron chi connectivity index (χ4n) is 3.60. The molecule has 140 valence electrons. The van der Waals surface area contributed by atoms with Crippen LogP contribution in [0.3, 0.4) is 0 Å². The molecule has 2 aromatic carbocycles. The summed E-state index contributed by atoms with van der Waals surface area (Å²) >= 11 is 6.34. The molecule has 0 N–H and O–H groups in total. The fraction of sp³-hybridized carbons (Fsp3) is 0.250. The number of fused-ring (bicyclic) bond motifs is 3. The summed E-state index contributed by atoms with van der Waals surface area (Å²) in [4.78, 5) is 6.32. The van der Waals surface area contributed by atoms with Gasteiger partial charge in [-0.2, -0.15) is 0 Å². The van der Waals surface area contributed by atoms with Gasteiger partial charge in [0.2, 0.25) is 0 Å². The van der Waals surface area contributed by atoms with Crippen LogP contribution in [0.4, 0.5) is 24.5 Å². The average Bonchev–Trinajstić information content (AvgIpc) is 3.03. The molecule has 0 aliphatic carbocycles. The summed E-state index contributed by atoms with van der Waals surface area (Å²) in [6, 6.07) is 10.6. The van der Waals surface area contributed by atoms with Crippen molar-refractivity contribution in [2.45, 2.75) is 26.6 Å². The van der Waals surface area contributed by atoms with Crippen LogP contribution in [0.15, 0.2) is 36.4 Å². The first-order chi connectivity index (χ1) is 12.8. The second-order valence-electron chi connectivity index (χ2n) is 6.55. The maximum Gasteiger partial charge on any atom is 0.573 e. The third-order valence-corrected chi connectivity index (χ3v) is 5.26. The van der Waals surface area contributed by atoms with Crippen LogP contribution in [-0.4, -0.2) is 17.9 Å². The molecule has 7 heteroatoms. The number of alkyl halides is 3. The van der Waals surface area contributed by atoms with Crippen LogP contribution >= 0.6 is 11.6 Å². The van der Waals surface area contributed by atoms with E-state index in [4.69, 9.17) is 11.6 Å². The Labute approximate surface area is 159 Å². The second-order valence-corrected chi connectivity index (χ2v) is 6.91. The molecule has 2 heterocycles. The molecule has 0 radical (unpaired) electrons. The van der Waals surface area contributed by atoms with Gasteiger partial charge in [0.05, 0.1) is 5.69 Å². The lowest BCUT2D eigenvalue weighted by atomic mass is 10.1. The number of benzene rings is 2. The summed E-state index contributed by atoms with van der Waals surface area (Å²) in [7, 11) is 0. The van der Waals surface area contributed by atoms with Crippen molar-refractivity contribution in [3.05, 3.63) is 58.2 Å². The first-order valence-corrected chi connectivity index (χ1v) is 8.84. The third-order valence-electron chi connectivity index (χ3n) is 4.95. The van der Waals surface area contributed by atoms with E-state index in [9.17, 15) is 13.2 Å². The van der Waals surface area contributed by atoms with Gasteiger partial charge in [0.25, 0.3) is 0 Å². The van der Waals surface area contributed by atoms with Crippen molar-refractivity contribution < 1.29 is 17.9 Å². The van der Waals surface area contributed by atoms with Gasteiger partial charge in [-0.3, -0.25) is 0 Å². The Morgan fingerprint density at radius 3 is 2.59 bits per heavy atom. The summed E-state index contributed by atoms with van der Waals surface area (Å²) in [6.07, 6.45) is -4.12. The Morgan fingerprint density at radius 1 is 1.11 bits per heavy atom. The number of nitrogens with zero attached hydrogens (tertiary/aromatic N) is 2. The molecule has 0 fully saturated rings. The van der Waals surface area contributed by atoms with Crippen molar-refractivity contribution in [3.63, 3.8) is 0 Å². The largest absolute Gasteiger partial charge is 0.573 e. The van der Waals surface area contributed by atoms with Gasteiger partial charge in [-0.1, -0.05) is 35.9 Å². The van der Waals surface area contributed by atoms with Crippen molar-refractivity contribution in [2.24, 2.45) is 0 Å². The van der Waals surface area contributed by atoms with E-state index in [1.54, 1.807) is 12.1 Å². The molecule has 0 saturated heterocycles. The van der Waals surface area contributed by atoms with Crippen LogP contribution < -0.4 is 9.64 Å². The minimum absolute atomic E-state index is 0.107. The van der Waals surface area contributed by atoms with E-state index in [0.29, 0.717) is 18.4 Å². The lowest BCUT2D eigenvalue weighted by molar-refractivity contribution is -0.274. The zero-order chi connectivity index (χ0) is 19.3. The molecule has 1 aromatic heterocycles. The zero-order valence-electron chi connectivity index (χ0n) is 14.7. The molecular formula is C20H16ClF3N2O. The maximum absolute atomic E-state index is 12.8. The fourth-order valence-corrected chi connectivity index (χ4v) is 3.86. The van der Waals surface area contributed by atoms with Crippen LogP contribution in [0.5, 0.6) is 5.75 Å². The van der Waals surface area contributed by atoms with Gasteiger partial charge in [0.15, 0.2) is 5.75 Å². The molecule has 0 amide bonds. The summed E-state index contributed by atoms with van der Waals surface area (Å²) in [5.74, 6) is -0.350. The first-order valence-electron chi connectivity index (χ1n) is 8.47. The molecule has 0 atom stereocenters. The Bertz CT molecular complexity index is 1050. The number of hydrogen-bond acceptors (Lipinski definition) is 3. The van der Waals surface area contributed by atoms with E-state index in [1.807, 2.05) is 32.0 Å². The van der Waals surface area contributed by atoms with E-state index in [1.165, 1.54) is 6.07 Å². The second kappa shape index (κ2) is 6.30. The highest BCUT2D eigenvalue weighted by Crippen LogP contribution is 2.45. The number of halogens is 4. The standard InChI is InChI=1S/C20H16ClF3N2O/c1-11-5-3-7-15(12(11)2)26-10-9-14-18(26)13-6-4-8-16(27-20(22,23)24)17(13)25-19(14)21/h3-8H,9-10H2,1-2H3. The highest BCUT2D eigenvalue weighted by atomic mass is 35.5. The lowest BCUT2D eigenvalue weighted by Crippen LogP contribution is -2.18. The monoisotopic (exact) mass is 392 g/mol. The Morgan fingerprint density at radius 2 is 1.85 bits per heavy atom. The molecular weight excluding hydrogens is 377 g/mol. The number of ether oxygens (including phenoxy) is 1. The van der Waals surface area contributed by atoms with E-state index in [-0.39, 0.29) is 16.4 Å². The smallest absolute Gasteiger partial charge is 0.403 e. The van der Waals surface area contributed by atoms with Gasteiger partial charge in [-0.05, 0) is 43.5 Å². The van der Waals surface area contributed by atoms with Crippen molar-refractivity contribution in [1.29, 1.82) is 0 Å². The number of hydrogen-bond donors (Lipinski definition) is 0. The number of pyridine rings is 1. The summed E-state index contributed by atoms with van der Waals surface area (Å²) < 4.78 is 42.5. The Hall–Kier alpha value is -2.47. The molecule has 0 spiro atoms. The summed E-state index contributed by atoms with van der Waals surface area (Å²) in [5.41, 5.74) is 5.02. The first kappa shape index (κ1) is 17.9. The number of para-hydroxylation sites is 1. The number of aryl methyl sites for hydroxylation is 1. The van der Waals surface area contributed by atoms with Gasteiger partial charge in [0.1, 0.15) is 10.7 Å². The molecule has 0 saturated carbocycles. The Balaban J connectivity index is 1.96. The highest BCUT2D eigenvalue weighted by molar-refractivity contribution is 6.31. The summed E-state index contributed by atoms with van der Waals surface area (Å²) in [5, 5.41) is 0.804. The van der Waals surface area contributed by atoms with Gasteiger partial charge in [-0.15, -0.1) is 13.2 Å². The van der Waals surface area contributed by atoms with Crippen molar-refractivity contribution in [2.75, 3.05) is 11.4 Å². The van der Waals surface area contributed by atoms with E-state index >= 15 is 0 Å². The van der Waals surface area contributed by atoms with Crippen molar-refractivity contribution >= 4 is 33.9 Å². The minimum Gasteiger partial charge on any atom is -0.403 e. The molecule has 1 aliphatic rings. The summed E-state index contributed by atoms with van der Waals surface area (Å²) in [6.45, 7) is 4.75. The topological polar surface area (TPSA) is 25.4 Å². The molecule has 27 heavy (non-hydrogen) atoms. The van der Waals surface area contributed by atoms with Crippen LogP contribution in [0.2, 0.25) is 5.15 Å². The molecule has 3 aromatic rings. The molecule has 1 aliphatic heterocycles. The quantitative estimate of drug-likeness (QED) is 0.493. The van der Waals surface area contributed by atoms with Gasteiger partial charge in [-0.25, -0.2) is 4.98 Å². The van der Waals surface area contributed by atoms with Crippen molar-refractivity contribution in [3.8, 4) is 5.75 Å². The van der Waals surface area contributed by atoms with Gasteiger partial charge >= 0.3 is 6.36 Å². The van der Waals surface area contributed by atoms with Gasteiger partial charge in [0, 0.05) is 23.2 Å². The van der Waals surface area contributed by atoms with Gasteiger partial charge < -0.3 is 9.64 Å². The maximum atomic E-state index is 12.8. The van der Waals surface area contributed by atoms with E-state index < -0.39 is 6.36 Å². The number of rotatable bonds is 2. The number of aromatic nitrogens is 1. The predicted molar refractivity (Wildman–Crippen MR) is 100 cm³/mol. The van der Waals surface area contributed by atoms with Crippen molar-refractivity contribution in [1.82, 2.24) is 4.98 Å². The molecule has 0 unspecified atom stereocenters. The van der Waals surface area contributed by atoms with Crippen LogP contribution in [-0.2, 0) is 6.42 Å². The molecule has 4 rings (SSSR count). The minimum atomic E-state index is -4.80. The van der Waals surface area contributed by atoms with Crippen LogP contribution in [0, 0.1) is 13.8 Å². The highest BCUT2D eigenvalue weighted by Gasteiger charge is 2.34. The SMILES string of the molecule is Cc1cccc(N2CCc3c(Cl)nc4c(OC(F)(F)F)cccc4c32)c1C. The Kier molecular flexibility index (Phi) is 4.18. The van der Waals surface area contributed by atoms with E-state index in [0.717, 1.165) is 28.1 Å². The molecule has 3 nitrogen and oxygen atoms in total. The number of anilines is 2. The lowest BCUT2D eigenvalue weighted by Gasteiger charge is -2.24. The zero-order valence-corrected chi connectivity index (χ0v) is 15.4. The normalized spacial score (nSPS) is 13.9. The molecule has 0 bridgehead atoms. The van der Waals surface area contributed by atoms with E-state index in [2.05, 4.69) is 14.6 Å². The average molecular weight is 393 g/mol. The van der Waals surface area contributed by atoms with Crippen LogP contribution in [0.1, 0.15) is 16.7 Å².